The van der Waals surface area contributed by atoms with Crippen LogP contribution >= 0.6 is 0 Å². The van der Waals surface area contributed by atoms with Gasteiger partial charge in [-0.25, -0.2) is 4.79 Å². The number of alkyl carbamates (subject to hydrolysis) is 1. The molecule has 62 heavy (non-hydrogen) atoms. The Hall–Kier alpha value is -6.20. The van der Waals surface area contributed by atoms with Crippen LogP contribution in [0.4, 0.5) is 4.79 Å². The van der Waals surface area contributed by atoms with Gasteiger partial charge in [0.15, 0.2) is 0 Å². The molecule has 0 spiro atoms. The third-order valence-corrected chi connectivity index (χ3v) is 10.3. The van der Waals surface area contributed by atoms with E-state index < -0.39 is 24.1 Å². The Morgan fingerprint density at radius 1 is 0.629 bits per heavy atom. The van der Waals surface area contributed by atoms with Crippen LogP contribution in [0, 0.1) is 11.8 Å². The highest BCUT2D eigenvalue weighted by atomic mass is 16.5. The topological polar surface area (TPSA) is 152 Å². The van der Waals surface area contributed by atoms with Gasteiger partial charge < -0.3 is 35.3 Å². The second-order valence-corrected chi connectivity index (χ2v) is 15.4. The normalized spacial score (nSPS) is 12.7. The average molecular weight is 846 g/mol. The molecule has 0 fully saturated rings. The third-order valence-electron chi connectivity index (χ3n) is 10.3. The first-order valence-electron chi connectivity index (χ1n) is 21.6. The highest BCUT2D eigenvalue weighted by Crippen LogP contribution is 2.20. The molecular weight excluding hydrogens is 783 g/mol. The van der Waals surface area contributed by atoms with Gasteiger partial charge in [-0.1, -0.05) is 115 Å². The Kier molecular flexibility index (Phi) is 22.2. The molecule has 0 saturated heterocycles. The summed E-state index contributed by atoms with van der Waals surface area (Å²) >= 11 is 0. The highest BCUT2D eigenvalue weighted by molar-refractivity contribution is 5.86. The molecule has 4 aromatic rings. The number of aliphatic hydroxyl groups is 1. The van der Waals surface area contributed by atoms with Crippen molar-refractivity contribution in [2.75, 3.05) is 19.8 Å². The smallest absolute Gasteiger partial charge is 0.407 e. The minimum Gasteiger partial charge on any atom is -0.489 e. The van der Waals surface area contributed by atoms with Crippen molar-refractivity contribution >= 4 is 23.9 Å². The molecule has 11 nitrogen and oxygen atoms in total. The minimum atomic E-state index is -0.753. The lowest BCUT2D eigenvalue weighted by Crippen LogP contribution is -2.45. The van der Waals surface area contributed by atoms with E-state index >= 15 is 0 Å². The quantitative estimate of drug-likeness (QED) is 0.0243. The lowest BCUT2D eigenvalue weighted by molar-refractivity contribution is -0.150. The van der Waals surface area contributed by atoms with Gasteiger partial charge >= 0.3 is 12.1 Å². The van der Waals surface area contributed by atoms with E-state index in [4.69, 9.17) is 14.2 Å². The Bertz CT molecular complexity index is 1930. The van der Waals surface area contributed by atoms with Crippen LogP contribution in [-0.2, 0) is 49.9 Å². The standard InChI is InChI=1S/C51H63N3O8/c1-3-5-9-25-44(32-39-19-10-6-11-20-39)50(58)61-38-45(26-16-17-31-52-51(59)62-37-42-23-14-8-15-24-42)54-49(57)43(18-4-2)34-48(56)53-46(35-55)33-40-27-29-47(30-28-40)60-36-41-21-12-7-13-22-41/h3-4,6-8,10-15,19-24,27-30,43-46,55H,1-2,5,9,16-18,25-26,31-38H2,(H,52,59)(H,53,56)(H,54,57)/t43-,44+,45-,46-/m0/s1. The molecule has 0 radical (unpaired) electrons. The molecule has 0 bridgehead atoms. The van der Waals surface area contributed by atoms with Gasteiger partial charge in [0, 0.05) is 13.0 Å². The van der Waals surface area contributed by atoms with Crippen LogP contribution in [0.15, 0.2) is 141 Å². The Balaban J connectivity index is 1.33. The summed E-state index contributed by atoms with van der Waals surface area (Å²) in [5.41, 5.74) is 3.88. The molecule has 3 amide bonds. The van der Waals surface area contributed by atoms with Crippen LogP contribution in [0.25, 0.3) is 0 Å². The zero-order valence-electron chi connectivity index (χ0n) is 35.8. The van der Waals surface area contributed by atoms with Crippen LogP contribution < -0.4 is 20.7 Å². The first-order chi connectivity index (χ1) is 30.3. The van der Waals surface area contributed by atoms with Crippen LogP contribution in [0.1, 0.15) is 73.6 Å². The second kappa shape index (κ2) is 28.3. The molecule has 4 N–H and O–H groups in total. The van der Waals surface area contributed by atoms with Gasteiger partial charge in [-0.2, -0.15) is 0 Å². The summed E-state index contributed by atoms with van der Waals surface area (Å²) in [6, 6.07) is 35.5. The molecule has 0 aliphatic heterocycles. The molecule has 4 rings (SSSR count). The lowest BCUT2D eigenvalue weighted by atomic mass is 9.94. The van der Waals surface area contributed by atoms with Crippen molar-refractivity contribution in [3.8, 4) is 5.75 Å². The largest absolute Gasteiger partial charge is 0.489 e. The third kappa shape index (κ3) is 19.0. The molecule has 4 atom stereocenters. The number of aliphatic hydroxyl groups excluding tert-OH is 1. The van der Waals surface area contributed by atoms with E-state index in [-0.39, 0.29) is 56.4 Å². The first-order valence-corrected chi connectivity index (χ1v) is 21.6. The van der Waals surface area contributed by atoms with Crippen molar-refractivity contribution in [3.05, 3.63) is 163 Å². The summed E-state index contributed by atoms with van der Waals surface area (Å²) in [5.74, 6) is -1.52. The Labute approximate surface area is 367 Å². The SMILES string of the molecule is C=CCCC[C@H](Cc1ccccc1)C(=O)OC[C@H](CCCCNC(=O)OCc1ccccc1)NC(=O)[C@@H](CC=C)CC(=O)N[C@H](CO)Cc1ccc(OCc2ccccc2)cc1. The molecule has 0 aliphatic rings. The van der Waals surface area contributed by atoms with Gasteiger partial charge in [-0.15, -0.1) is 13.2 Å². The molecule has 4 aromatic carbocycles. The molecule has 0 heterocycles. The predicted molar refractivity (Wildman–Crippen MR) is 242 cm³/mol. The summed E-state index contributed by atoms with van der Waals surface area (Å²) in [4.78, 5) is 53.1. The fourth-order valence-corrected chi connectivity index (χ4v) is 6.91. The van der Waals surface area contributed by atoms with E-state index in [1.54, 1.807) is 6.08 Å². The summed E-state index contributed by atoms with van der Waals surface area (Å²) in [6.45, 7) is 8.24. The summed E-state index contributed by atoms with van der Waals surface area (Å²) < 4.78 is 17.1. The molecule has 11 heteroatoms. The number of benzene rings is 4. The van der Waals surface area contributed by atoms with Gasteiger partial charge in [0.25, 0.3) is 0 Å². The maximum Gasteiger partial charge on any atom is 0.407 e. The Morgan fingerprint density at radius 2 is 1.26 bits per heavy atom. The number of unbranched alkanes of at least 4 members (excludes halogenated alkanes) is 2. The number of hydrogen-bond acceptors (Lipinski definition) is 8. The number of amides is 3. The monoisotopic (exact) mass is 845 g/mol. The van der Waals surface area contributed by atoms with Gasteiger partial charge in [-0.05, 0) is 92.2 Å². The van der Waals surface area contributed by atoms with Gasteiger partial charge in [-0.3, -0.25) is 14.4 Å². The fraction of sp³-hybridized carbons (Fsp3) is 0.373. The molecule has 0 aliphatic carbocycles. The summed E-state index contributed by atoms with van der Waals surface area (Å²) in [7, 11) is 0. The maximum atomic E-state index is 13.8. The molecule has 0 unspecified atom stereocenters. The van der Waals surface area contributed by atoms with E-state index in [9.17, 15) is 24.3 Å². The number of carbonyl (C=O) groups is 4. The van der Waals surface area contributed by atoms with E-state index in [0.29, 0.717) is 57.4 Å². The van der Waals surface area contributed by atoms with Crippen LogP contribution in [0.3, 0.4) is 0 Å². The Morgan fingerprint density at radius 3 is 1.89 bits per heavy atom. The molecule has 330 valence electrons. The zero-order chi connectivity index (χ0) is 44.2. The number of nitrogens with one attached hydrogen (secondary N) is 3. The van der Waals surface area contributed by atoms with Crippen molar-refractivity contribution in [2.45, 2.75) is 89.5 Å². The second-order valence-electron chi connectivity index (χ2n) is 15.4. The van der Waals surface area contributed by atoms with Crippen LogP contribution in [-0.4, -0.2) is 60.8 Å². The van der Waals surface area contributed by atoms with Crippen LogP contribution in [0.5, 0.6) is 5.75 Å². The predicted octanol–water partition coefficient (Wildman–Crippen LogP) is 8.21. The number of hydrogen-bond donors (Lipinski definition) is 4. The molecule has 0 aromatic heterocycles. The van der Waals surface area contributed by atoms with Crippen LogP contribution in [0.2, 0.25) is 0 Å². The lowest BCUT2D eigenvalue weighted by Gasteiger charge is -2.24. The van der Waals surface area contributed by atoms with Crippen molar-refractivity contribution in [3.63, 3.8) is 0 Å². The maximum absolute atomic E-state index is 13.8. The summed E-state index contributed by atoms with van der Waals surface area (Å²) in [6.07, 6.45) is 7.74. The van der Waals surface area contributed by atoms with Crippen molar-refractivity contribution < 1.29 is 38.5 Å². The number of carbonyl (C=O) groups excluding carboxylic acids is 4. The molecular formula is C51H63N3O8. The highest BCUT2D eigenvalue weighted by Gasteiger charge is 2.27. The van der Waals surface area contributed by atoms with E-state index in [1.165, 1.54) is 0 Å². The van der Waals surface area contributed by atoms with E-state index in [0.717, 1.165) is 35.1 Å². The van der Waals surface area contributed by atoms with Crippen molar-refractivity contribution in [1.29, 1.82) is 0 Å². The molecule has 0 saturated carbocycles. The van der Waals surface area contributed by atoms with E-state index in [1.807, 2.05) is 121 Å². The number of esters is 1. The average Bonchev–Trinajstić information content (AvgIpc) is 3.29. The van der Waals surface area contributed by atoms with Gasteiger partial charge in [0.2, 0.25) is 11.8 Å². The number of rotatable bonds is 29. The first kappa shape index (κ1) is 48.5. The zero-order valence-corrected chi connectivity index (χ0v) is 35.8. The minimum absolute atomic E-state index is 0.0560. The fourth-order valence-electron chi connectivity index (χ4n) is 6.91. The van der Waals surface area contributed by atoms with Crippen molar-refractivity contribution in [1.82, 2.24) is 16.0 Å². The number of allylic oxidation sites excluding steroid dienone is 2. The van der Waals surface area contributed by atoms with Gasteiger partial charge in [0.05, 0.1) is 30.5 Å². The summed E-state index contributed by atoms with van der Waals surface area (Å²) in [5, 5.41) is 18.9. The van der Waals surface area contributed by atoms with Gasteiger partial charge in [0.1, 0.15) is 25.6 Å². The number of ether oxygens (including phenoxy) is 3. The van der Waals surface area contributed by atoms with Crippen molar-refractivity contribution in [2.24, 2.45) is 11.8 Å². The van der Waals surface area contributed by atoms with E-state index in [2.05, 4.69) is 29.1 Å².